The molecule has 0 unspecified atom stereocenters. The van der Waals surface area contributed by atoms with Crippen LogP contribution in [0.4, 0.5) is 10.6 Å². The van der Waals surface area contributed by atoms with Gasteiger partial charge in [0.1, 0.15) is 12.1 Å². The minimum Gasteiger partial charge on any atom is -0.439 e. The summed E-state index contributed by atoms with van der Waals surface area (Å²) < 4.78 is 7.23. The number of carbonyl (C=O) groups is 1. The Morgan fingerprint density at radius 2 is 2.06 bits per heavy atom. The third-order valence-corrected chi connectivity index (χ3v) is 4.54. The molecule has 31 heavy (non-hydrogen) atoms. The molecule has 0 bridgehead atoms. The number of fused-ring (bicyclic) bond motifs is 1. The van der Waals surface area contributed by atoms with Gasteiger partial charge in [0.15, 0.2) is 5.82 Å². The average molecular weight is 421 g/mol. The van der Waals surface area contributed by atoms with Crippen molar-refractivity contribution < 1.29 is 14.4 Å². The number of nitrogens with one attached hydrogen (secondary N) is 3. The van der Waals surface area contributed by atoms with Gasteiger partial charge in [-0.25, -0.2) is 14.8 Å². The highest BCUT2D eigenvalue weighted by atomic mass is 16.7. The van der Waals surface area contributed by atoms with E-state index in [1.165, 1.54) is 11.1 Å². The van der Waals surface area contributed by atoms with E-state index in [1.807, 2.05) is 33.0 Å². The van der Waals surface area contributed by atoms with Gasteiger partial charge < -0.3 is 14.9 Å². The molecule has 4 rings (SSSR count). The molecule has 3 N–H and O–H groups in total. The first kappa shape index (κ1) is 20.4. The number of nitrogens with zero attached hydrogens (tertiary/aromatic N) is 4. The molecule has 0 fully saturated rings. The fraction of sp³-hybridized carbons (Fsp3) is 0.238. The van der Waals surface area contributed by atoms with Crippen LogP contribution >= 0.6 is 0 Å². The van der Waals surface area contributed by atoms with Gasteiger partial charge >= 0.3 is 6.09 Å². The van der Waals surface area contributed by atoms with Crippen molar-refractivity contribution in [2.45, 2.75) is 26.3 Å². The summed E-state index contributed by atoms with van der Waals surface area (Å²) in [5.41, 5.74) is 2.47. The van der Waals surface area contributed by atoms with Crippen molar-refractivity contribution in [3.8, 4) is 11.6 Å². The lowest BCUT2D eigenvalue weighted by Crippen LogP contribution is -2.24. The normalized spacial score (nSPS) is 11.1. The summed E-state index contributed by atoms with van der Waals surface area (Å²) in [5, 5.41) is 13.4. The lowest BCUT2D eigenvalue weighted by molar-refractivity contribution is 0.153. The number of benzene rings is 1. The first-order valence-electron chi connectivity index (χ1n) is 9.81. The molecule has 0 aliphatic carbocycles. The highest BCUT2D eigenvalue weighted by molar-refractivity contribution is 5.86. The lowest BCUT2D eigenvalue weighted by Gasteiger charge is -2.08. The summed E-state index contributed by atoms with van der Waals surface area (Å²) in [6, 6.07) is 10.8. The number of H-pyrrole nitrogens is 1. The molecule has 0 aliphatic heterocycles. The van der Waals surface area contributed by atoms with Crippen LogP contribution in [0.25, 0.3) is 10.9 Å². The van der Waals surface area contributed by atoms with E-state index in [0.29, 0.717) is 29.5 Å². The van der Waals surface area contributed by atoms with E-state index >= 15 is 0 Å². The maximum atomic E-state index is 12.2. The van der Waals surface area contributed by atoms with Crippen molar-refractivity contribution in [2.75, 3.05) is 12.4 Å². The van der Waals surface area contributed by atoms with Crippen LogP contribution in [0.2, 0.25) is 0 Å². The molecule has 0 atom stereocenters. The predicted molar refractivity (Wildman–Crippen MR) is 115 cm³/mol. The molecule has 3 heterocycles. The van der Waals surface area contributed by atoms with Crippen molar-refractivity contribution in [3.05, 3.63) is 60.3 Å². The summed E-state index contributed by atoms with van der Waals surface area (Å²) in [7, 11) is 1.85. The van der Waals surface area contributed by atoms with E-state index in [0.717, 1.165) is 16.8 Å². The molecule has 1 aromatic carbocycles. The summed E-state index contributed by atoms with van der Waals surface area (Å²) in [6.07, 6.45) is 2.48. The molecule has 160 valence electrons. The Morgan fingerprint density at radius 3 is 2.84 bits per heavy atom. The Morgan fingerprint density at radius 1 is 1.19 bits per heavy atom. The number of aromatic nitrogens is 5. The Bertz CT molecular complexity index is 1200. The van der Waals surface area contributed by atoms with Crippen LogP contribution in [-0.2, 0) is 6.54 Å². The highest BCUT2D eigenvalue weighted by Gasteiger charge is 2.12. The minimum atomic E-state index is -0.641. The molecule has 1 amide bonds. The van der Waals surface area contributed by atoms with Crippen LogP contribution < -0.4 is 20.2 Å². The van der Waals surface area contributed by atoms with E-state index in [4.69, 9.17) is 9.57 Å². The fourth-order valence-electron chi connectivity index (χ4n) is 2.98. The molecule has 0 aliphatic rings. The molecule has 3 aromatic heterocycles. The van der Waals surface area contributed by atoms with Gasteiger partial charge in [-0.2, -0.15) is 9.83 Å². The Hall–Kier alpha value is -3.92. The number of anilines is 1. The molecule has 0 radical (unpaired) electrons. The third-order valence-electron chi connectivity index (χ3n) is 4.54. The van der Waals surface area contributed by atoms with E-state index in [-0.39, 0.29) is 5.92 Å². The average Bonchev–Trinajstić information content (AvgIpc) is 3.36. The van der Waals surface area contributed by atoms with Gasteiger partial charge in [-0.1, -0.05) is 13.8 Å². The van der Waals surface area contributed by atoms with Gasteiger partial charge in [-0.15, -0.1) is 0 Å². The maximum Gasteiger partial charge on any atom is 0.437 e. The Kier molecular flexibility index (Phi) is 5.80. The van der Waals surface area contributed by atoms with E-state index in [9.17, 15) is 4.79 Å². The van der Waals surface area contributed by atoms with Crippen LogP contribution in [0.5, 0.6) is 11.6 Å². The van der Waals surface area contributed by atoms with Crippen LogP contribution in [0.1, 0.15) is 31.2 Å². The highest BCUT2D eigenvalue weighted by Crippen LogP contribution is 2.25. The molecular formula is C21H23N7O3. The topological polar surface area (TPSA) is 119 Å². The number of ether oxygens (including phenoxy) is 1. The van der Waals surface area contributed by atoms with Crippen LogP contribution in [0, 0.1) is 0 Å². The van der Waals surface area contributed by atoms with Crippen LogP contribution in [0.3, 0.4) is 0 Å². The zero-order chi connectivity index (χ0) is 21.8. The van der Waals surface area contributed by atoms with Crippen molar-refractivity contribution in [1.82, 2.24) is 30.2 Å². The van der Waals surface area contributed by atoms with Crippen molar-refractivity contribution in [2.24, 2.45) is 0 Å². The van der Waals surface area contributed by atoms with Crippen LogP contribution in [0.15, 0.2) is 48.9 Å². The molecule has 0 saturated heterocycles. The number of carbonyl (C=O) groups excluding carboxylic acids is 1. The van der Waals surface area contributed by atoms with Crippen molar-refractivity contribution >= 4 is 22.8 Å². The van der Waals surface area contributed by atoms with Gasteiger partial charge in [0.2, 0.25) is 5.88 Å². The molecule has 10 heteroatoms. The van der Waals surface area contributed by atoms with Gasteiger partial charge in [0.05, 0.1) is 11.2 Å². The minimum absolute atomic E-state index is 0.279. The summed E-state index contributed by atoms with van der Waals surface area (Å²) in [6.45, 7) is 4.69. The molecular weight excluding hydrogens is 398 g/mol. The Labute approximate surface area is 178 Å². The number of hydrogen-bond acceptors (Lipinski definition) is 7. The molecule has 0 saturated carbocycles. The number of rotatable bonds is 7. The predicted octanol–water partition coefficient (Wildman–Crippen LogP) is 3.45. The monoisotopic (exact) mass is 421 g/mol. The summed E-state index contributed by atoms with van der Waals surface area (Å²) >= 11 is 0. The number of hydrogen-bond donors (Lipinski definition) is 3. The zero-order valence-corrected chi connectivity index (χ0v) is 17.4. The van der Waals surface area contributed by atoms with E-state index < -0.39 is 6.09 Å². The maximum absolute atomic E-state index is 12.2. The number of aromatic amines is 1. The Balaban J connectivity index is 1.44. The second-order valence-corrected chi connectivity index (χ2v) is 7.21. The SMILES string of the molecule is CNCc1cc(Oc2ccc3c(ccn3OC(=O)Nc3cc(C(C)C)[nH]n3)c2)ncn1. The molecule has 0 spiro atoms. The second-order valence-electron chi connectivity index (χ2n) is 7.21. The quantitative estimate of drug-likeness (QED) is 0.418. The van der Waals surface area contributed by atoms with Gasteiger partial charge in [0.25, 0.3) is 0 Å². The lowest BCUT2D eigenvalue weighted by atomic mass is 10.1. The summed E-state index contributed by atoms with van der Waals surface area (Å²) in [5.74, 6) is 1.75. The van der Waals surface area contributed by atoms with Crippen LogP contribution in [-0.4, -0.2) is 38.0 Å². The zero-order valence-electron chi connectivity index (χ0n) is 17.4. The van der Waals surface area contributed by atoms with E-state index in [1.54, 1.807) is 30.5 Å². The smallest absolute Gasteiger partial charge is 0.437 e. The third kappa shape index (κ3) is 4.81. The standard InChI is InChI=1S/C21H23N7O3/c1-13(2)17-10-19(27-26-17)25-21(29)31-28-7-6-14-8-16(4-5-18(14)28)30-20-9-15(11-22-3)23-12-24-20/h4-10,12-13,22H,11H2,1-3H3,(H2,25,26,27,29). The first-order chi connectivity index (χ1) is 15.0. The first-order valence-corrected chi connectivity index (χ1v) is 9.81. The fourth-order valence-corrected chi connectivity index (χ4v) is 2.98. The molecule has 4 aromatic rings. The van der Waals surface area contributed by atoms with Crippen molar-refractivity contribution in [1.29, 1.82) is 0 Å². The number of amides is 1. The van der Waals surface area contributed by atoms with Gasteiger partial charge in [0, 0.05) is 36.0 Å². The van der Waals surface area contributed by atoms with E-state index in [2.05, 4.69) is 30.8 Å². The van der Waals surface area contributed by atoms with Gasteiger partial charge in [-0.05, 0) is 37.2 Å². The largest absolute Gasteiger partial charge is 0.439 e. The van der Waals surface area contributed by atoms with Gasteiger partial charge in [-0.3, -0.25) is 10.4 Å². The van der Waals surface area contributed by atoms with Crippen molar-refractivity contribution in [3.63, 3.8) is 0 Å². The summed E-state index contributed by atoms with van der Waals surface area (Å²) in [4.78, 5) is 25.9. The molecule has 10 nitrogen and oxygen atoms in total. The second kappa shape index (κ2) is 8.84.